The summed E-state index contributed by atoms with van der Waals surface area (Å²) < 4.78 is 19.9. The van der Waals surface area contributed by atoms with Crippen LogP contribution in [-0.2, 0) is 6.42 Å². The zero-order valence-electron chi connectivity index (χ0n) is 23.3. The van der Waals surface area contributed by atoms with Crippen LogP contribution in [0, 0.1) is 5.92 Å². The molecule has 4 heteroatoms. The highest BCUT2D eigenvalue weighted by Gasteiger charge is 2.09. The van der Waals surface area contributed by atoms with Crippen molar-refractivity contribution in [3.05, 3.63) is 42.2 Å². The molecule has 36 heavy (non-hydrogen) atoms. The number of aryl methyl sites for hydroxylation is 1. The van der Waals surface area contributed by atoms with Gasteiger partial charge in [0.1, 0.15) is 6.17 Å². The molecule has 0 bridgehead atoms. The van der Waals surface area contributed by atoms with Crippen molar-refractivity contribution in [1.29, 1.82) is 0 Å². The first kappa shape index (κ1) is 30.3. The molecule has 0 fully saturated rings. The van der Waals surface area contributed by atoms with E-state index < -0.39 is 6.17 Å². The summed E-state index contributed by atoms with van der Waals surface area (Å²) in [6.45, 7) is 7.13. The van der Waals surface area contributed by atoms with Gasteiger partial charge in [0.15, 0.2) is 11.6 Å². The van der Waals surface area contributed by atoms with Gasteiger partial charge in [-0.1, -0.05) is 122 Å². The number of hydrogen-bond donors (Lipinski definition) is 0. The molecule has 1 aromatic carbocycles. The maximum Gasteiger partial charge on any atom is 0.159 e. The van der Waals surface area contributed by atoms with Gasteiger partial charge in [0.2, 0.25) is 0 Å². The molecule has 2 atom stereocenters. The van der Waals surface area contributed by atoms with Gasteiger partial charge in [-0.25, -0.2) is 14.4 Å². The second-order valence-corrected chi connectivity index (χ2v) is 10.6. The van der Waals surface area contributed by atoms with Gasteiger partial charge in [-0.3, -0.25) is 0 Å². The Bertz CT molecular complexity index is 778. The Labute approximate surface area is 220 Å². The SMILES string of the molecule is CCCCCCCCCCc1ccc(-c2ncc(OCCC(F)CCCC(C)CCCC)cn2)cc1. The van der Waals surface area contributed by atoms with Crippen molar-refractivity contribution in [2.45, 2.75) is 130 Å². The minimum atomic E-state index is -0.798. The van der Waals surface area contributed by atoms with Crippen molar-refractivity contribution >= 4 is 0 Å². The number of rotatable bonds is 21. The third-order valence-electron chi connectivity index (χ3n) is 7.12. The second kappa shape index (κ2) is 19.2. The van der Waals surface area contributed by atoms with E-state index in [1.54, 1.807) is 12.4 Å². The molecule has 2 rings (SSSR count). The quantitative estimate of drug-likeness (QED) is 0.161. The maximum atomic E-state index is 14.2. The molecular formula is C32H51FN2O. The highest BCUT2D eigenvalue weighted by Crippen LogP contribution is 2.20. The largest absolute Gasteiger partial charge is 0.490 e. The van der Waals surface area contributed by atoms with Crippen LogP contribution in [0.3, 0.4) is 0 Å². The molecule has 202 valence electrons. The molecule has 0 saturated heterocycles. The molecule has 0 N–H and O–H groups in total. The van der Waals surface area contributed by atoms with Crippen LogP contribution < -0.4 is 4.74 Å². The van der Waals surface area contributed by atoms with Crippen LogP contribution in [0.1, 0.15) is 123 Å². The molecule has 0 saturated carbocycles. The summed E-state index contributed by atoms with van der Waals surface area (Å²) in [5, 5.41) is 0. The third kappa shape index (κ3) is 13.4. The zero-order valence-corrected chi connectivity index (χ0v) is 23.3. The van der Waals surface area contributed by atoms with E-state index in [4.69, 9.17) is 4.74 Å². The van der Waals surface area contributed by atoms with Crippen molar-refractivity contribution in [3.63, 3.8) is 0 Å². The lowest BCUT2D eigenvalue weighted by molar-refractivity contribution is 0.219. The molecular weight excluding hydrogens is 447 g/mol. The molecule has 1 heterocycles. The Morgan fingerprint density at radius 1 is 0.722 bits per heavy atom. The number of ether oxygens (including phenoxy) is 1. The van der Waals surface area contributed by atoms with E-state index in [-0.39, 0.29) is 0 Å². The smallest absolute Gasteiger partial charge is 0.159 e. The van der Waals surface area contributed by atoms with Crippen LogP contribution in [0.4, 0.5) is 4.39 Å². The Morgan fingerprint density at radius 2 is 1.33 bits per heavy atom. The lowest BCUT2D eigenvalue weighted by atomic mass is 9.97. The fourth-order valence-corrected chi connectivity index (χ4v) is 4.66. The number of nitrogens with zero attached hydrogens (tertiary/aromatic N) is 2. The first-order valence-electron chi connectivity index (χ1n) is 14.8. The van der Waals surface area contributed by atoms with Crippen LogP contribution in [-0.4, -0.2) is 22.7 Å². The fourth-order valence-electron chi connectivity index (χ4n) is 4.66. The normalized spacial score (nSPS) is 13.0. The van der Waals surface area contributed by atoms with E-state index in [1.165, 1.54) is 76.2 Å². The predicted octanol–water partition coefficient (Wildman–Crippen LogP) is 9.93. The minimum Gasteiger partial charge on any atom is -0.490 e. The lowest BCUT2D eigenvalue weighted by Crippen LogP contribution is -2.08. The van der Waals surface area contributed by atoms with Crippen molar-refractivity contribution in [1.82, 2.24) is 9.97 Å². The summed E-state index contributed by atoms with van der Waals surface area (Å²) in [6.07, 6.45) is 21.4. The number of unbranched alkanes of at least 4 members (excludes halogenated alkanes) is 8. The van der Waals surface area contributed by atoms with E-state index in [0.29, 0.717) is 36.9 Å². The fraction of sp³-hybridized carbons (Fsp3) is 0.688. The van der Waals surface area contributed by atoms with E-state index in [0.717, 1.165) is 24.8 Å². The maximum absolute atomic E-state index is 14.2. The highest BCUT2D eigenvalue weighted by molar-refractivity contribution is 5.55. The molecule has 0 aliphatic carbocycles. The van der Waals surface area contributed by atoms with Gasteiger partial charge in [0, 0.05) is 12.0 Å². The molecule has 0 radical (unpaired) electrons. The molecule has 0 amide bonds. The predicted molar refractivity (Wildman–Crippen MR) is 151 cm³/mol. The van der Waals surface area contributed by atoms with Crippen LogP contribution in [0.2, 0.25) is 0 Å². The van der Waals surface area contributed by atoms with Gasteiger partial charge in [-0.2, -0.15) is 0 Å². The average Bonchev–Trinajstić information content (AvgIpc) is 2.90. The Morgan fingerprint density at radius 3 is 2.00 bits per heavy atom. The van der Waals surface area contributed by atoms with Crippen LogP contribution in [0.15, 0.2) is 36.7 Å². The first-order chi connectivity index (χ1) is 17.6. The summed E-state index contributed by atoms with van der Waals surface area (Å²) in [6, 6.07) is 8.59. The standard InChI is InChI=1S/C32H51FN2O/c1-4-6-8-9-10-11-12-13-17-28-19-21-29(22-20-28)32-34-25-31(26-35-32)36-24-23-30(33)18-14-16-27(3)15-7-5-2/h19-22,25-27,30H,4-18,23-24H2,1-3H3. The summed E-state index contributed by atoms with van der Waals surface area (Å²) in [5.41, 5.74) is 2.39. The Balaban J connectivity index is 1.61. The molecule has 0 aliphatic heterocycles. The van der Waals surface area contributed by atoms with Crippen molar-refractivity contribution in [3.8, 4) is 17.1 Å². The van der Waals surface area contributed by atoms with Crippen molar-refractivity contribution in [2.24, 2.45) is 5.92 Å². The van der Waals surface area contributed by atoms with Crippen LogP contribution in [0.5, 0.6) is 5.75 Å². The Kier molecular flexibility index (Phi) is 16.1. The zero-order chi connectivity index (χ0) is 25.8. The number of halogens is 1. The molecule has 2 unspecified atom stereocenters. The number of aromatic nitrogens is 2. The minimum absolute atomic E-state index is 0.364. The second-order valence-electron chi connectivity index (χ2n) is 10.6. The van der Waals surface area contributed by atoms with Crippen molar-refractivity contribution < 1.29 is 9.13 Å². The highest BCUT2D eigenvalue weighted by atomic mass is 19.1. The third-order valence-corrected chi connectivity index (χ3v) is 7.12. The Hall–Kier alpha value is -1.97. The van der Waals surface area contributed by atoms with Gasteiger partial charge in [-0.15, -0.1) is 0 Å². The van der Waals surface area contributed by atoms with Crippen molar-refractivity contribution in [2.75, 3.05) is 6.61 Å². The van der Waals surface area contributed by atoms with Gasteiger partial charge in [-0.05, 0) is 30.7 Å². The monoisotopic (exact) mass is 498 g/mol. The van der Waals surface area contributed by atoms with Crippen LogP contribution in [0.25, 0.3) is 11.4 Å². The molecule has 2 aromatic rings. The first-order valence-corrected chi connectivity index (χ1v) is 14.8. The van der Waals surface area contributed by atoms with E-state index in [2.05, 4.69) is 55.0 Å². The summed E-state index contributed by atoms with van der Waals surface area (Å²) in [7, 11) is 0. The number of alkyl halides is 1. The average molecular weight is 499 g/mol. The molecule has 3 nitrogen and oxygen atoms in total. The van der Waals surface area contributed by atoms with Gasteiger partial charge >= 0.3 is 0 Å². The van der Waals surface area contributed by atoms with Gasteiger partial charge < -0.3 is 4.74 Å². The van der Waals surface area contributed by atoms with E-state index in [1.807, 2.05) is 0 Å². The van der Waals surface area contributed by atoms with Gasteiger partial charge in [0.05, 0.1) is 19.0 Å². The van der Waals surface area contributed by atoms with Crippen LogP contribution >= 0.6 is 0 Å². The van der Waals surface area contributed by atoms with E-state index >= 15 is 0 Å². The molecule has 1 aromatic heterocycles. The topological polar surface area (TPSA) is 35.0 Å². The lowest BCUT2D eigenvalue weighted by Gasteiger charge is -2.13. The van der Waals surface area contributed by atoms with E-state index in [9.17, 15) is 4.39 Å². The summed E-state index contributed by atoms with van der Waals surface area (Å²) in [4.78, 5) is 8.91. The number of benzene rings is 1. The summed E-state index contributed by atoms with van der Waals surface area (Å²) in [5.74, 6) is 2.00. The summed E-state index contributed by atoms with van der Waals surface area (Å²) >= 11 is 0. The molecule has 0 aliphatic rings. The number of hydrogen-bond acceptors (Lipinski definition) is 3. The molecule has 0 spiro atoms. The van der Waals surface area contributed by atoms with Gasteiger partial charge in [0.25, 0.3) is 0 Å².